The van der Waals surface area contributed by atoms with Gasteiger partial charge in [0.2, 0.25) is 0 Å². The third-order valence-electron chi connectivity index (χ3n) is 3.81. The molecule has 2 aliphatic heterocycles. The van der Waals surface area contributed by atoms with E-state index in [9.17, 15) is 8.42 Å². The molecular formula is C12H25N3O2S. The molecule has 0 amide bonds. The molecule has 2 rings (SSSR count). The molecule has 0 aliphatic carbocycles. The first kappa shape index (κ1) is 14.2. The lowest BCUT2D eigenvalue weighted by Gasteiger charge is -2.35. The number of piperidine rings is 1. The predicted octanol–water partition coefficient (Wildman–Crippen LogP) is 0.791. The van der Waals surface area contributed by atoms with Crippen molar-refractivity contribution in [2.75, 3.05) is 32.7 Å². The van der Waals surface area contributed by atoms with Crippen molar-refractivity contribution in [1.29, 1.82) is 0 Å². The first-order chi connectivity index (χ1) is 8.66. The van der Waals surface area contributed by atoms with Gasteiger partial charge in [-0.3, -0.25) is 0 Å². The highest BCUT2D eigenvalue weighted by atomic mass is 32.2. The van der Waals surface area contributed by atoms with Gasteiger partial charge in [-0.1, -0.05) is 6.92 Å². The van der Waals surface area contributed by atoms with Crippen molar-refractivity contribution in [1.82, 2.24) is 13.9 Å². The molecule has 0 aromatic rings. The van der Waals surface area contributed by atoms with Gasteiger partial charge >= 0.3 is 0 Å². The molecule has 2 saturated heterocycles. The van der Waals surface area contributed by atoms with Crippen LogP contribution in [0.4, 0.5) is 0 Å². The Kier molecular flexibility index (Phi) is 5.00. The second-order valence-corrected chi connectivity index (χ2v) is 7.11. The van der Waals surface area contributed by atoms with Gasteiger partial charge in [-0.25, -0.2) is 0 Å². The zero-order valence-corrected chi connectivity index (χ0v) is 12.1. The van der Waals surface area contributed by atoms with E-state index in [-0.39, 0.29) is 6.04 Å². The lowest BCUT2D eigenvalue weighted by Crippen LogP contribution is -2.53. The van der Waals surface area contributed by atoms with Crippen LogP contribution in [0.2, 0.25) is 0 Å². The Hall–Kier alpha value is -0.170. The van der Waals surface area contributed by atoms with E-state index >= 15 is 0 Å². The second kappa shape index (κ2) is 6.32. The molecule has 0 aromatic heterocycles. The summed E-state index contributed by atoms with van der Waals surface area (Å²) >= 11 is 0. The smallest absolute Gasteiger partial charge is 0.282 e. The number of nitrogens with one attached hydrogen (secondary N) is 1. The third kappa shape index (κ3) is 3.04. The van der Waals surface area contributed by atoms with E-state index in [0.717, 1.165) is 45.2 Å². The molecule has 1 unspecified atom stereocenters. The van der Waals surface area contributed by atoms with Crippen molar-refractivity contribution < 1.29 is 8.42 Å². The van der Waals surface area contributed by atoms with Gasteiger partial charge in [0.1, 0.15) is 0 Å². The maximum atomic E-state index is 12.6. The maximum absolute atomic E-state index is 12.6. The van der Waals surface area contributed by atoms with Crippen LogP contribution in [0.3, 0.4) is 0 Å². The van der Waals surface area contributed by atoms with Crippen molar-refractivity contribution in [2.24, 2.45) is 0 Å². The Bertz CT molecular complexity index is 346. The third-order valence-corrected chi connectivity index (χ3v) is 5.90. The fraction of sp³-hybridized carbons (Fsp3) is 1.00. The molecule has 0 bridgehead atoms. The van der Waals surface area contributed by atoms with Gasteiger partial charge in [-0.2, -0.15) is 17.0 Å². The lowest BCUT2D eigenvalue weighted by molar-refractivity contribution is 0.249. The molecule has 1 N–H and O–H groups in total. The van der Waals surface area contributed by atoms with E-state index in [2.05, 4.69) is 5.32 Å². The summed E-state index contributed by atoms with van der Waals surface area (Å²) in [6, 6.07) is 0.143. The van der Waals surface area contributed by atoms with Crippen molar-refractivity contribution in [2.45, 2.75) is 45.1 Å². The SMILES string of the molecule is CCCN(C1CCCNC1)S(=O)(=O)N1CCCC1. The molecule has 0 saturated carbocycles. The van der Waals surface area contributed by atoms with Gasteiger partial charge in [0, 0.05) is 32.2 Å². The van der Waals surface area contributed by atoms with Crippen molar-refractivity contribution in [3.63, 3.8) is 0 Å². The highest BCUT2D eigenvalue weighted by Crippen LogP contribution is 2.21. The van der Waals surface area contributed by atoms with E-state index in [1.807, 2.05) is 6.92 Å². The highest BCUT2D eigenvalue weighted by molar-refractivity contribution is 7.86. The standard InChI is InChI=1S/C12H25N3O2S/c1-2-8-15(12-6-5-7-13-11-12)18(16,17)14-9-3-4-10-14/h12-13H,2-11H2,1H3. The fourth-order valence-corrected chi connectivity index (χ4v) is 4.84. The van der Waals surface area contributed by atoms with Crippen molar-refractivity contribution in [3.05, 3.63) is 0 Å². The Morgan fingerprint density at radius 2 is 2.00 bits per heavy atom. The summed E-state index contributed by atoms with van der Waals surface area (Å²) < 4.78 is 28.7. The van der Waals surface area contributed by atoms with Gasteiger partial charge < -0.3 is 5.32 Å². The minimum absolute atomic E-state index is 0.143. The average molecular weight is 275 g/mol. The zero-order valence-electron chi connectivity index (χ0n) is 11.3. The Morgan fingerprint density at radius 3 is 2.56 bits per heavy atom. The summed E-state index contributed by atoms with van der Waals surface area (Å²) in [6.45, 7) is 5.90. The maximum Gasteiger partial charge on any atom is 0.282 e. The van der Waals surface area contributed by atoms with Crippen molar-refractivity contribution >= 4 is 10.2 Å². The summed E-state index contributed by atoms with van der Waals surface area (Å²) in [5.41, 5.74) is 0. The van der Waals surface area contributed by atoms with E-state index in [0.29, 0.717) is 19.6 Å². The first-order valence-corrected chi connectivity index (χ1v) is 8.53. The average Bonchev–Trinajstić information content (AvgIpc) is 2.91. The number of hydrogen-bond acceptors (Lipinski definition) is 3. The predicted molar refractivity (Wildman–Crippen MR) is 72.6 cm³/mol. The molecule has 0 radical (unpaired) electrons. The van der Waals surface area contributed by atoms with Crippen LogP contribution in [-0.2, 0) is 10.2 Å². The van der Waals surface area contributed by atoms with Crippen LogP contribution in [0.25, 0.3) is 0 Å². The molecule has 1 atom stereocenters. The Labute approximate surface area is 111 Å². The van der Waals surface area contributed by atoms with Gasteiger partial charge in [0.15, 0.2) is 0 Å². The summed E-state index contributed by atoms with van der Waals surface area (Å²) in [7, 11) is -3.24. The summed E-state index contributed by atoms with van der Waals surface area (Å²) in [6.07, 6.45) is 4.94. The van der Waals surface area contributed by atoms with E-state index in [4.69, 9.17) is 0 Å². The largest absolute Gasteiger partial charge is 0.315 e. The van der Waals surface area contributed by atoms with Gasteiger partial charge in [0.05, 0.1) is 0 Å². The second-order valence-electron chi connectivity index (χ2n) is 5.22. The molecule has 0 aromatic carbocycles. The van der Waals surface area contributed by atoms with E-state index < -0.39 is 10.2 Å². The van der Waals surface area contributed by atoms with E-state index in [1.54, 1.807) is 8.61 Å². The molecule has 6 heteroatoms. The molecule has 5 nitrogen and oxygen atoms in total. The molecule has 2 fully saturated rings. The molecule has 0 spiro atoms. The molecule has 106 valence electrons. The summed E-state index contributed by atoms with van der Waals surface area (Å²) in [5.74, 6) is 0. The molecule has 2 aliphatic rings. The lowest BCUT2D eigenvalue weighted by atomic mass is 10.1. The highest BCUT2D eigenvalue weighted by Gasteiger charge is 2.35. The van der Waals surface area contributed by atoms with Gasteiger partial charge in [-0.05, 0) is 38.6 Å². The molecule has 2 heterocycles. The number of hydrogen-bond donors (Lipinski definition) is 1. The minimum atomic E-state index is -3.24. The Balaban J connectivity index is 2.11. The van der Waals surface area contributed by atoms with Crippen LogP contribution in [0.1, 0.15) is 39.0 Å². The van der Waals surface area contributed by atoms with Crippen LogP contribution in [0, 0.1) is 0 Å². The van der Waals surface area contributed by atoms with Crippen LogP contribution >= 0.6 is 0 Å². The van der Waals surface area contributed by atoms with Crippen LogP contribution in [0.5, 0.6) is 0 Å². The quantitative estimate of drug-likeness (QED) is 0.807. The van der Waals surface area contributed by atoms with Crippen LogP contribution < -0.4 is 5.32 Å². The van der Waals surface area contributed by atoms with Crippen molar-refractivity contribution in [3.8, 4) is 0 Å². The first-order valence-electron chi connectivity index (χ1n) is 7.14. The van der Waals surface area contributed by atoms with Crippen LogP contribution in [0.15, 0.2) is 0 Å². The number of rotatable bonds is 5. The van der Waals surface area contributed by atoms with E-state index in [1.165, 1.54) is 0 Å². The van der Waals surface area contributed by atoms with Crippen LogP contribution in [-0.4, -0.2) is 55.8 Å². The summed E-state index contributed by atoms with van der Waals surface area (Å²) in [5, 5.41) is 3.31. The molecule has 18 heavy (non-hydrogen) atoms. The zero-order chi connectivity index (χ0) is 13.0. The topological polar surface area (TPSA) is 52.7 Å². The number of nitrogens with zero attached hydrogens (tertiary/aromatic N) is 2. The van der Waals surface area contributed by atoms with Gasteiger partial charge in [0.25, 0.3) is 10.2 Å². The monoisotopic (exact) mass is 275 g/mol. The molecular weight excluding hydrogens is 250 g/mol. The minimum Gasteiger partial charge on any atom is -0.315 e. The fourth-order valence-electron chi connectivity index (χ4n) is 2.85. The summed E-state index contributed by atoms with van der Waals surface area (Å²) in [4.78, 5) is 0. The Morgan fingerprint density at radius 1 is 1.28 bits per heavy atom. The normalized spacial score (nSPS) is 26.9. The van der Waals surface area contributed by atoms with Gasteiger partial charge in [-0.15, -0.1) is 0 Å².